The van der Waals surface area contributed by atoms with Crippen LogP contribution in [0.15, 0.2) is 30.5 Å². The summed E-state index contributed by atoms with van der Waals surface area (Å²) in [6.07, 6.45) is -0.791. The minimum absolute atomic E-state index is 0.219. The van der Waals surface area contributed by atoms with Crippen molar-refractivity contribution in [3.63, 3.8) is 0 Å². The van der Waals surface area contributed by atoms with E-state index >= 15 is 0 Å². The molecule has 3 heterocycles. The van der Waals surface area contributed by atoms with Crippen LogP contribution in [0, 0.1) is 0 Å². The number of fused-ring (bicyclic) bond motifs is 1. The number of carbonyl (C=O) groups is 2. The van der Waals surface area contributed by atoms with Crippen LogP contribution in [0.3, 0.4) is 0 Å². The molecular weight excluding hydrogens is 577 g/mol. The number of likely N-dealkylation sites (tertiary alicyclic amines) is 1. The fourth-order valence-electron chi connectivity index (χ4n) is 5.33. The van der Waals surface area contributed by atoms with Crippen LogP contribution in [-0.4, -0.2) is 118 Å². The lowest BCUT2D eigenvalue weighted by Gasteiger charge is -2.37. The Bertz CT molecular complexity index is 1390. The number of halogens is 3. The van der Waals surface area contributed by atoms with E-state index in [-0.39, 0.29) is 5.56 Å². The van der Waals surface area contributed by atoms with Crippen molar-refractivity contribution in [2.45, 2.75) is 44.9 Å². The third-order valence-corrected chi connectivity index (χ3v) is 8.14. The van der Waals surface area contributed by atoms with E-state index in [2.05, 4.69) is 43.0 Å². The van der Waals surface area contributed by atoms with E-state index < -0.39 is 54.0 Å². The smallest absolute Gasteiger partial charge is 0.375 e. The molecule has 42 heavy (non-hydrogen) atoms. The third kappa shape index (κ3) is 8.30. The molecule has 0 spiro atoms. The van der Waals surface area contributed by atoms with E-state index in [0.717, 1.165) is 51.4 Å². The highest BCUT2D eigenvalue weighted by Crippen LogP contribution is 2.33. The average Bonchev–Trinajstić information content (AvgIpc) is 3.23. The lowest BCUT2D eigenvalue weighted by molar-refractivity contribution is -0.136. The van der Waals surface area contributed by atoms with Gasteiger partial charge in [0.1, 0.15) is 0 Å². The Labute approximate surface area is 244 Å². The molecular formula is C27H37F3N6O5S. The highest BCUT2D eigenvalue weighted by molar-refractivity contribution is 7.81. The van der Waals surface area contributed by atoms with Crippen molar-refractivity contribution in [3.05, 3.63) is 36.0 Å². The molecule has 1 atom stereocenters. The summed E-state index contributed by atoms with van der Waals surface area (Å²) in [6, 6.07) is 7.57. The summed E-state index contributed by atoms with van der Waals surface area (Å²) in [5.41, 5.74) is 1.64. The number of anilines is 1. The molecule has 2 aliphatic heterocycles. The number of hydrogen-bond acceptors (Lipinski definition) is 9. The van der Waals surface area contributed by atoms with Gasteiger partial charge < -0.3 is 20.0 Å². The van der Waals surface area contributed by atoms with Gasteiger partial charge in [0, 0.05) is 63.1 Å². The Hall–Kier alpha value is -3.01. The zero-order chi connectivity index (χ0) is 30.7. The lowest BCUT2D eigenvalue weighted by Crippen LogP contribution is -2.49. The van der Waals surface area contributed by atoms with Crippen molar-refractivity contribution >= 4 is 38.9 Å². The molecule has 0 saturated carbocycles. The first kappa shape index (κ1) is 31.9. The number of alkyl halides is 2. The molecule has 0 bridgehead atoms. The van der Waals surface area contributed by atoms with Gasteiger partial charge in [0.15, 0.2) is 6.23 Å². The van der Waals surface area contributed by atoms with Crippen LogP contribution in [0.1, 0.15) is 37.0 Å². The third-order valence-electron chi connectivity index (χ3n) is 7.68. The zero-order valence-electron chi connectivity index (χ0n) is 23.9. The molecule has 1 aromatic carbocycles. The summed E-state index contributed by atoms with van der Waals surface area (Å²) < 4.78 is 66.3. The number of hydrogen-bond donors (Lipinski definition) is 1. The SMILES string of the molecule is CC(C)N1CCN(CCCN(C)c2ccc3nccc(C(=O)NCC(=O)N4CC(F)(F)CC4OS(=O)(=O)F)c3c2)CC1. The first-order chi connectivity index (χ1) is 19.7. The Kier molecular flexibility index (Phi) is 9.96. The van der Waals surface area contributed by atoms with E-state index in [4.69, 9.17) is 0 Å². The van der Waals surface area contributed by atoms with E-state index in [1.165, 1.54) is 12.3 Å². The molecule has 2 saturated heterocycles. The lowest BCUT2D eigenvalue weighted by atomic mass is 10.1. The maximum absolute atomic E-state index is 13.8. The summed E-state index contributed by atoms with van der Waals surface area (Å²) >= 11 is 0. The van der Waals surface area contributed by atoms with E-state index in [1.54, 1.807) is 6.07 Å². The molecule has 1 aromatic heterocycles. The second-order valence-electron chi connectivity index (χ2n) is 11.0. The largest absolute Gasteiger partial charge is 0.439 e. The highest BCUT2D eigenvalue weighted by Gasteiger charge is 2.49. The number of piperazine rings is 1. The van der Waals surface area contributed by atoms with Gasteiger partial charge in [-0.1, -0.05) is 3.89 Å². The van der Waals surface area contributed by atoms with Crippen molar-refractivity contribution in [2.24, 2.45) is 0 Å². The van der Waals surface area contributed by atoms with E-state index in [9.17, 15) is 30.7 Å². The van der Waals surface area contributed by atoms with Gasteiger partial charge in [0.25, 0.3) is 11.8 Å². The molecule has 232 valence electrons. The molecule has 2 aliphatic rings. The maximum Gasteiger partial charge on any atom is 0.439 e. The zero-order valence-corrected chi connectivity index (χ0v) is 24.7. The van der Waals surface area contributed by atoms with E-state index in [1.807, 2.05) is 19.2 Å². The summed E-state index contributed by atoms with van der Waals surface area (Å²) in [4.78, 5) is 37.4. The number of aromatic nitrogens is 1. The average molecular weight is 615 g/mol. The van der Waals surface area contributed by atoms with Gasteiger partial charge >= 0.3 is 10.5 Å². The van der Waals surface area contributed by atoms with Gasteiger partial charge in [-0.15, -0.1) is 0 Å². The van der Waals surface area contributed by atoms with Gasteiger partial charge in [0.2, 0.25) is 5.91 Å². The molecule has 1 N–H and O–H groups in total. The quantitative estimate of drug-likeness (QED) is 0.381. The second kappa shape index (κ2) is 13.1. The van der Waals surface area contributed by atoms with Gasteiger partial charge in [-0.05, 0) is 51.1 Å². The number of nitrogens with one attached hydrogen (secondary N) is 1. The van der Waals surface area contributed by atoms with Crippen molar-refractivity contribution in [1.29, 1.82) is 0 Å². The predicted octanol–water partition coefficient (Wildman–Crippen LogP) is 2.24. The predicted molar refractivity (Wildman–Crippen MR) is 151 cm³/mol. The molecule has 0 aliphatic carbocycles. The highest BCUT2D eigenvalue weighted by atomic mass is 32.3. The summed E-state index contributed by atoms with van der Waals surface area (Å²) in [5.74, 6) is -5.17. The molecule has 1 unspecified atom stereocenters. The normalized spacial score (nSPS) is 19.9. The van der Waals surface area contributed by atoms with Crippen LogP contribution >= 0.6 is 0 Å². The Morgan fingerprint density at radius 3 is 2.57 bits per heavy atom. The number of rotatable bonds is 11. The Morgan fingerprint density at radius 1 is 1.19 bits per heavy atom. The molecule has 2 fully saturated rings. The van der Waals surface area contributed by atoms with Crippen LogP contribution in [-0.2, 0) is 19.5 Å². The molecule has 0 radical (unpaired) electrons. The van der Waals surface area contributed by atoms with Crippen LogP contribution in [0.2, 0.25) is 0 Å². The van der Waals surface area contributed by atoms with Crippen molar-refractivity contribution in [1.82, 2.24) is 25.0 Å². The molecule has 2 aromatic rings. The molecule has 11 nitrogen and oxygen atoms in total. The Balaban J connectivity index is 1.36. The van der Waals surface area contributed by atoms with Crippen LogP contribution < -0.4 is 10.2 Å². The number of pyridine rings is 1. The first-order valence-electron chi connectivity index (χ1n) is 13.9. The fraction of sp³-hybridized carbons (Fsp3) is 0.593. The molecule has 15 heteroatoms. The monoisotopic (exact) mass is 614 g/mol. The maximum atomic E-state index is 13.8. The van der Waals surface area contributed by atoms with Gasteiger partial charge in [-0.25, -0.2) is 13.0 Å². The number of amides is 2. The molecule has 4 rings (SSSR count). The number of benzene rings is 1. The minimum atomic E-state index is -5.58. The summed E-state index contributed by atoms with van der Waals surface area (Å²) in [6.45, 7) is 8.56. The minimum Gasteiger partial charge on any atom is -0.375 e. The fourth-order valence-corrected chi connectivity index (χ4v) is 5.77. The topological polar surface area (TPSA) is 115 Å². The van der Waals surface area contributed by atoms with Crippen molar-refractivity contribution < 1.29 is 34.9 Å². The van der Waals surface area contributed by atoms with Crippen molar-refractivity contribution in [2.75, 3.05) is 64.3 Å². The Morgan fingerprint density at radius 2 is 1.90 bits per heavy atom. The van der Waals surface area contributed by atoms with E-state index in [0.29, 0.717) is 21.8 Å². The van der Waals surface area contributed by atoms with Crippen LogP contribution in [0.25, 0.3) is 10.9 Å². The van der Waals surface area contributed by atoms with Gasteiger partial charge in [0.05, 0.1) is 30.6 Å². The number of nitrogens with zero attached hydrogens (tertiary/aromatic N) is 5. The first-order valence-corrected chi connectivity index (χ1v) is 15.2. The standard InChI is InChI=1S/C27H37F3N6O5S/c1-19(2)35-13-11-34(12-14-35)10-4-9-33(3)20-5-6-23-22(15-20)21(7-8-31-23)26(38)32-17-24(37)36-18-27(28,29)16-25(36)41-42(30,39)40/h5-8,15,19,25H,4,9-14,16-18H2,1-3H3,(H,32,38). The van der Waals surface area contributed by atoms with Crippen molar-refractivity contribution in [3.8, 4) is 0 Å². The summed E-state index contributed by atoms with van der Waals surface area (Å²) in [7, 11) is -3.61. The molecule has 2 amide bonds. The van der Waals surface area contributed by atoms with Gasteiger partial charge in [-0.2, -0.15) is 8.42 Å². The summed E-state index contributed by atoms with van der Waals surface area (Å²) in [5, 5.41) is 2.92. The van der Waals surface area contributed by atoms with Crippen LogP contribution in [0.5, 0.6) is 0 Å². The second-order valence-corrected chi connectivity index (χ2v) is 12.0. The van der Waals surface area contributed by atoms with Crippen LogP contribution in [0.4, 0.5) is 18.4 Å². The van der Waals surface area contributed by atoms with Gasteiger partial charge in [-0.3, -0.25) is 19.5 Å². The number of carbonyl (C=O) groups excluding carboxylic acids is 2.